The summed E-state index contributed by atoms with van der Waals surface area (Å²) >= 11 is 1.44. The summed E-state index contributed by atoms with van der Waals surface area (Å²) in [5, 5.41) is 6.50. The number of aryl methyl sites for hydroxylation is 1. The third-order valence-corrected chi connectivity index (χ3v) is 6.36. The van der Waals surface area contributed by atoms with Crippen molar-refractivity contribution in [3.8, 4) is 11.3 Å². The Morgan fingerprint density at radius 1 is 1.28 bits per heavy atom. The van der Waals surface area contributed by atoms with Crippen molar-refractivity contribution >= 4 is 29.5 Å². The molecule has 1 unspecified atom stereocenters. The molecule has 8 heteroatoms. The fourth-order valence-electron chi connectivity index (χ4n) is 3.37. The van der Waals surface area contributed by atoms with Crippen LogP contribution >= 0.6 is 11.8 Å². The van der Waals surface area contributed by atoms with E-state index in [-0.39, 0.29) is 23.0 Å². The van der Waals surface area contributed by atoms with Gasteiger partial charge in [0.25, 0.3) is 5.91 Å². The van der Waals surface area contributed by atoms with Gasteiger partial charge in [-0.15, -0.1) is 0 Å². The zero-order valence-electron chi connectivity index (χ0n) is 16.6. The lowest BCUT2D eigenvalue weighted by Gasteiger charge is -2.12. The number of anilines is 1. The van der Waals surface area contributed by atoms with Gasteiger partial charge in [-0.2, -0.15) is 0 Å². The number of hydrogen-bond donors (Lipinski definition) is 3. The normalized spacial score (nSPS) is 17.7. The van der Waals surface area contributed by atoms with Crippen molar-refractivity contribution in [3.63, 3.8) is 0 Å². The zero-order chi connectivity index (χ0) is 20.5. The van der Waals surface area contributed by atoms with E-state index >= 15 is 0 Å². The number of carbonyl (C=O) groups is 2. The van der Waals surface area contributed by atoms with Crippen molar-refractivity contribution in [1.29, 1.82) is 0 Å². The number of nitrogens with two attached hydrogens (primary N) is 1. The van der Waals surface area contributed by atoms with Crippen LogP contribution in [-0.4, -0.2) is 39.6 Å². The van der Waals surface area contributed by atoms with Gasteiger partial charge in [-0.1, -0.05) is 24.8 Å². The predicted octanol–water partition coefficient (Wildman–Crippen LogP) is 2.47. The number of rotatable bonds is 6. The van der Waals surface area contributed by atoms with Gasteiger partial charge in [0.15, 0.2) is 0 Å². The Balaban J connectivity index is 1.66. The monoisotopic (exact) mass is 411 g/mol. The van der Waals surface area contributed by atoms with Crippen LogP contribution in [0.5, 0.6) is 0 Å². The Morgan fingerprint density at radius 2 is 2.07 bits per heavy atom. The summed E-state index contributed by atoms with van der Waals surface area (Å²) in [7, 11) is 0. The molecule has 0 radical (unpaired) electrons. The first-order chi connectivity index (χ1) is 14.0. The van der Waals surface area contributed by atoms with Gasteiger partial charge in [0.2, 0.25) is 11.9 Å². The van der Waals surface area contributed by atoms with Crippen LogP contribution in [0.2, 0.25) is 0 Å². The SMILES string of the molecule is CCCNC(=O)c1ccc(C)c(-c2nc(N)nc3c2CC(C(=O)NC2CC2)S3)c1. The molecule has 2 aromatic rings. The van der Waals surface area contributed by atoms with Gasteiger partial charge < -0.3 is 16.4 Å². The fourth-order valence-corrected chi connectivity index (χ4v) is 4.54. The lowest BCUT2D eigenvalue weighted by atomic mass is 9.97. The molecule has 1 aliphatic carbocycles. The molecule has 1 aromatic heterocycles. The van der Waals surface area contributed by atoms with Crippen LogP contribution in [0.15, 0.2) is 23.2 Å². The molecule has 1 fully saturated rings. The summed E-state index contributed by atoms with van der Waals surface area (Å²) in [6.45, 7) is 4.63. The third-order valence-electron chi connectivity index (χ3n) is 5.14. The highest BCUT2D eigenvalue weighted by atomic mass is 32.2. The Bertz CT molecular complexity index is 974. The Morgan fingerprint density at radius 3 is 2.79 bits per heavy atom. The highest BCUT2D eigenvalue weighted by Crippen LogP contribution is 2.41. The van der Waals surface area contributed by atoms with E-state index in [4.69, 9.17) is 5.73 Å². The maximum Gasteiger partial charge on any atom is 0.251 e. The molecule has 1 aromatic carbocycles. The van der Waals surface area contributed by atoms with Crippen molar-refractivity contribution in [1.82, 2.24) is 20.6 Å². The number of benzene rings is 1. The van der Waals surface area contributed by atoms with Crippen LogP contribution in [0, 0.1) is 6.92 Å². The molecule has 0 bridgehead atoms. The first kappa shape index (κ1) is 19.7. The Hall–Kier alpha value is -2.61. The highest BCUT2D eigenvalue weighted by Gasteiger charge is 2.35. The second-order valence-corrected chi connectivity index (χ2v) is 8.78. The highest BCUT2D eigenvalue weighted by molar-refractivity contribution is 8.00. The average Bonchev–Trinajstić information content (AvgIpc) is 3.41. The van der Waals surface area contributed by atoms with E-state index in [2.05, 4.69) is 20.6 Å². The van der Waals surface area contributed by atoms with Gasteiger partial charge in [0.1, 0.15) is 5.03 Å². The largest absolute Gasteiger partial charge is 0.368 e. The van der Waals surface area contributed by atoms with Crippen LogP contribution in [-0.2, 0) is 11.2 Å². The molecular weight excluding hydrogens is 386 g/mol. The van der Waals surface area contributed by atoms with Crippen LogP contribution in [0.3, 0.4) is 0 Å². The Labute approximate surface area is 174 Å². The Kier molecular flexibility index (Phi) is 5.45. The molecule has 2 heterocycles. The summed E-state index contributed by atoms with van der Waals surface area (Å²) in [5.41, 5.74) is 10.0. The zero-order valence-corrected chi connectivity index (χ0v) is 17.4. The summed E-state index contributed by atoms with van der Waals surface area (Å²) in [6, 6.07) is 5.91. The van der Waals surface area contributed by atoms with Crippen molar-refractivity contribution < 1.29 is 9.59 Å². The van der Waals surface area contributed by atoms with E-state index in [9.17, 15) is 9.59 Å². The second kappa shape index (κ2) is 8.02. The number of fused-ring (bicyclic) bond motifs is 1. The molecular formula is C21H25N5O2S. The fraction of sp³-hybridized carbons (Fsp3) is 0.429. The first-order valence-electron chi connectivity index (χ1n) is 9.99. The van der Waals surface area contributed by atoms with E-state index in [0.29, 0.717) is 30.3 Å². The summed E-state index contributed by atoms with van der Waals surface area (Å²) in [5.74, 6) is 0.113. The van der Waals surface area contributed by atoms with Crippen LogP contribution < -0.4 is 16.4 Å². The van der Waals surface area contributed by atoms with Crippen LogP contribution in [0.4, 0.5) is 5.95 Å². The second-order valence-electron chi connectivity index (χ2n) is 7.59. The topological polar surface area (TPSA) is 110 Å². The van der Waals surface area contributed by atoms with Crippen molar-refractivity contribution in [2.45, 2.75) is 55.8 Å². The van der Waals surface area contributed by atoms with E-state index in [1.807, 2.05) is 32.0 Å². The van der Waals surface area contributed by atoms with E-state index in [1.165, 1.54) is 11.8 Å². The molecule has 29 heavy (non-hydrogen) atoms. The number of nitrogen functional groups attached to an aromatic ring is 1. The molecule has 0 saturated heterocycles. The molecule has 1 aliphatic heterocycles. The lowest BCUT2D eigenvalue weighted by Crippen LogP contribution is -2.33. The minimum atomic E-state index is -0.225. The maximum atomic E-state index is 12.5. The quantitative estimate of drug-likeness (QED) is 0.630. The van der Waals surface area contributed by atoms with Gasteiger partial charge in [-0.05, 0) is 50.3 Å². The van der Waals surface area contributed by atoms with E-state index in [1.54, 1.807) is 0 Å². The van der Waals surface area contributed by atoms with E-state index in [0.717, 1.165) is 41.0 Å². The average molecular weight is 412 g/mol. The number of carbonyl (C=O) groups excluding carboxylic acids is 2. The van der Waals surface area contributed by atoms with Crippen molar-refractivity contribution in [2.24, 2.45) is 0 Å². The molecule has 4 N–H and O–H groups in total. The van der Waals surface area contributed by atoms with Gasteiger partial charge in [-0.25, -0.2) is 9.97 Å². The standard InChI is InChI=1S/C21H25N5O2S/c1-3-8-23-18(27)12-5-4-11(2)14(9-12)17-15-10-16(19(28)24-13-6-7-13)29-20(15)26-21(22)25-17/h4-5,9,13,16H,3,6-8,10H2,1-2H3,(H,23,27)(H,24,28)(H2,22,25,26). The molecule has 1 saturated carbocycles. The first-order valence-corrected chi connectivity index (χ1v) is 10.9. The number of nitrogens with zero attached hydrogens (tertiary/aromatic N) is 2. The predicted molar refractivity (Wildman–Crippen MR) is 114 cm³/mol. The molecule has 4 rings (SSSR count). The molecule has 0 spiro atoms. The number of amides is 2. The van der Waals surface area contributed by atoms with Gasteiger partial charge in [-0.3, -0.25) is 9.59 Å². The van der Waals surface area contributed by atoms with Gasteiger partial charge in [0, 0.05) is 29.3 Å². The summed E-state index contributed by atoms with van der Waals surface area (Å²) in [6.07, 6.45) is 3.54. The molecule has 152 valence electrons. The third kappa shape index (κ3) is 4.22. The van der Waals surface area contributed by atoms with Gasteiger partial charge in [0.05, 0.1) is 10.9 Å². The number of thioether (sulfide) groups is 1. The molecule has 2 amide bonds. The molecule has 7 nitrogen and oxygen atoms in total. The lowest BCUT2D eigenvalue weighted by molar-refractivity contribution is -0.120. The van der Waals surface area contributed by atoms with Crippen LogP contribution in [0.1, 0.15) is 47.7 Å². The van der Waals surface area contributed by atoms with E-state index < -0.39 is 0 Å². The summed E-state index contributed by atoms with van der Waals surface area (Å²) < 4.78 is 0. The number of aromatic nitrogens is 2. The number of hydrogen-bond acceptors (Lipinski definition) is 6. The molecule has 1 atom stereocenters. The minimum absolute atomic E-state index is 0.0458. The minimum Gasteiger partial charge on any atom is -0.368 e. The van der Waals surface area contributed by atoms with Crippen molar-refractivity contribution in [3.05, 3.63) is 34.9 Å². The smallest absolute Gasteiger partial charge is 0.251 e. The summed E-state index contributed by atoms with van der Waals surface area (Å²) in [4.78, 5) is 33.8. The number of nitrogens with one attached hydrogen (secondary N) is 2. The van der Waals surface area contributed by atoms with Crippen molar-refractivity contribution in [2.75, 3.05) is 12.3 Å². The van der Waals surface area contributed by atoms with Crippen LogP contribution in [0.25, 0.3) is 11.3 Å². The molecule has 2 aliphatic rings. The van der Waals surface area contributed by atoms with Gasteiger partial charge >= 0.3 is 0 Å². The maximum absolute atomic E-state index is 12.5.